The Bertz CT molecular complexity index is 778. The lowest BCUT2D eigenvalue weighted by Gasteiger charge is -1.96. The van der Waals surface area contributed by atoms with Crippen molar-refractivity contribution >= 4 is 33.0 Å². The van der Waals surface area contributed by atoms with E-state index in [0.717, 1.165) is 9.35 Å². The summed E-state index contributed by atoms with van der Waals surface area (Å²) in [5.41, 5.74) is 2.06. The predicted octanol–water partition coefficient (Wildman–Crippen LogP) is 3.36. The Labute approximate surface area is 133 Å². The van der Waals surface area contributed by atoms with Gasteiger partial charge in [-0.05, 0) is 40.2 Å². The molecule has 0 bridgehead atoms. The van der Waals surface area contributed by atoms with Crippen LogP contribution in [0.25, 0.3) is 11.4 Å². The van der Waals surface area contributed by atoms with Gasteiger partial charge in [0.25, 0.3) is 0 Å². The molecule has 0 N–H and O–H groups in total. The van der Waals surface area contributed by atoms with Crippen molar-refractivity contribution in [3.8, 4) is 11.4 Å². The summed E-state index contributed by atoms with van der Waals surface area (Å²) in [7, 11) is 0. The highest BCUT2D eigenvalue weighted by Crippen LogP contribution is 2.22. The summed E-state index contributed by atoms with van der Waals surface area (Å²) >= 11 is 4.74. The molecule has 2 aromatic heterocycles. The fourth-order valence-corrected chi connectivity index (χ4v) is 3.11. The summed E-state index contributed by atoms with van der Waals surface area (Å²) < 4.78 is 0.928. The lowest BCUT2D eigenvalue weighted by Crippen LogP contribution is -2.12. The van der Waals surface area contributed by atoms with Crippen LogP contribution in [0.3, 0.4) is 0 Å². The molecule has 2 heterocycles. The molecule has 3 rings (SSSR count). The maximum absolute atomic E-state index is 12.1. The Kier molecular flexibility index (Phi) is 3.94. The van der Waals surface area contributed by atoms with Gasteiger partial charge in [-0.3, -0.25) is 4.79 Å². The van der Waals surface area contributed by atoms with Crippen LogP contribution in [0.5, 0.6) is 0 Å². The summed E-state index contributed by atoms with van der Waals surface area (Å²) in [4.78, 5) is 14.1. The molecule has 21 heavy (non-hydrogen) atoms. The summed E-state index contributed by atoms with van der Waals surface area (Å²) in [6.07, 6.45) is 0. The lowest BCUT2D eigenvalue weighted by molar-refractivity contribution is 0.0965. The van der Waals surface area contributed by atoms with Gasteiger partial charge in [-0.25, -0.2) is 0 Å². The molecule has 0 saturated carbocycles. The minimum atomic E-state index is -0.0291. The summed E-state index contributed by atoms with van der Waals surface area (Å²) in [6, 6.07) is 11.5. The number of aromatic nitrogens is 4. The number of rotatable bonds is 4. The SMILES string of the molecule is Cc1ccc(-c2nnn(CC(=O)c3ccc(Br)s3)n2)cc1. The van der Waals surface area contributed by atoms with Crippen LogP contribution in [0, 0.1) is 6.92 Å². The Morgan fingerprint density at radius 3 is 2.67 bits per heavy atom. The van der Waals surface area contributed by atoms with Crippen LogP contribution >= 0.6 is 27.3 Å². The largest absolute Gasteiger partial charge is 0.291 e. The van der Waals surface area contributed by atoms with Gasteiger partial charge in [-0.2, -0.15) is 4.80 Å². The molecule has 0 unspecified atom stereocenters. The molecule has 0 atom stereocenters. The van der Waals surface area contributed by atoms with Crippen LogP contribution in [0.2, 0.25) is 0 Å². The molecule has 7 heteroatoms. The number of hydrogen-bond donors (Lipinski definition) is 0. The maximum atomic E-state index is 12.1. The minimum absolute atomic E-state index is 0.0291. The van der Waals surface area contributed by atoms with Crippen LogP contribution in [-0.4, -0.2) is 26.0 Å². The van der Waals surface area contributed by atoms with E-state index in [1.165, 1.54) is 21.7 Å². The fourth-order valence-electron chi connectivity index (χ4n) is 1.80. The third kappa shape index (κ3) is 3.25. The number of halogens is 1. The van der Waals surface area contributed by atoms with Crippen molar-refractivity contribution in [3.63, 3.8) is 0 Å². The van der Waals surface area contributed by atoms with Gasteiger partial charge in [0.15, 0.2) is 5.78 Å². The number of hydrogen-bond acceptors (Lipinski definition) is 5. The number of aryl methyl sites for hydroxylation is 1. The molecule has 0 aliphatic rings. The first-order valence-corrected chi connectivity index (χ1v) is 7.86. The average Bonchev–Trinajstić information content (AvgIpc) is 3.09. The van der Waals surface area contributed by atoms with Crippen molar-refractivity contribution < 1.29 is 4.79 Å². The van der Waals surface area contributed by atoms with Crippen molar-refractivity contribution in [1.29, 1.82) is 0 Å². The van der Waals surface area contributed by atoms with Gasteiger partial charge in [0.05, 0.1) is 8.66 Å². The Morgan fingerprint density at radius 1 is 1.24 bits per heavy atom. The summed E-state index contributed by atoms with van der Waals surface area (Å²) in [6.45, 7) is 2.11. The zero-order chi connectivity index (χ0) is 14.8. The van der Waals surface area contributed by atoms with Crippen molar-refractivity contribution in [2.75, 3.05) is 0 Å². The first-order valence-electron chi connectivity index (χ1n) is 6.25. The van der Waals surface area contributed by atoms with Crippen molar-refractivity contribution in [1.82, 2.24) is 20.2 Å². The molecule has 0 radical (unpaired) electrons. The number of thiophene rings is 1. The molecule has 0 aliphatic carbocycles. The van der Waals surface area contributed by atoms with E-state index in [1.807, 2.05) is 37.3 Å². The van der Waals surface area contributed by atoms with Crippen molar-refractivity contribution in [3.05, 3.63) is 50.6 Å². The smallest absolute Gasteiger partial charge is 0.204 e. The Hall–Kier alpha value is -1.86. The highest BCUT2D eigenvalue weighted by atomic mass is 79.9. The fraction of sp³-hybridized carbons (Fsp3) is 0.143. The highest BCUT2D eigenvalue weighted by Gasteiger charge is 2.12. The van der Waals surface area contributed by atoms with Crippen molar-refractivity contribution in [2.24, 2.45) is 0 Å². The molecule has 1 aromatic carbocycles. The molecule has 106 valence electrons. The molecular weight excluding hydrogens is 352 g/mol. The third-order valence-corrected chi connectivity index (χ3v) is 4.56. The van der Waals surface area contributed by atoms with Crippen LogP contribution in [0.1, 0.15) is 15.2 Å². The maximum Gasteiger partial charge on any atom is 0.204 e. The van der Waals surface area contributed by atoms with Crippen LogP contribution in [0.4, 0.5) is 0 Å². The summed E-state index contributed by atoms with van der Waals surface area (Å²) in [5.74, 6) is 0.494. The number of carbonyl (C=O) groups is 1. The summed E-state index contributed by atoms with van der Waals surface area (Å²) in [5, 5.41) is 12.2. The minimum Gasteiger partial charge on any atom is -0.291 e. The quantitative estimate of drug-likeness (QED) is 0.667. The third-order valence-electron chi connectivity index (χ3n) is 2.90. The van der Waals surface area contributed by atoms with E-state index in [9.17, 15) is 4.79 Å². The Balaban J connectivity index is 1.76. The molecular formula is C14H11BrN4OS. The van der Waals surface area contributed by atoms with Gasteiger partial charge in [0.2, 0.25) is 5.82 Å². The highest BCUT2D eigenvalue weighted by molar-refractivity contribution is 9.11. The second-order valence-corrected chi connectivity index (χ2v) is 7.00. The second kappa shape index (κ2) is 5.87. The number of ketones is 1. The molecule has 0 spiro atoms. The van der Waals surface area contributed by atoms with E-state index in [1.54, 1.807) is 6.07 Å². The number of benzene rings is 1. The molecule has 0 saturated heterocycles. The normalized spacial score (nSPS) is 10.8. The van der Waals surface area contributed by atoms with Gasteiger partial charge >= 0.3 is 0 Å². The van der Waals surface area contributed by atoms with Gasteiger partial charge in [-0.1, -0.05) is 29.8 Å². The van der Waals surface area contributed by atoms with E-state index < -0.39 is 0 Å². The van der Waals surface area contributed by atoms with E-state index in [4.69, 9.17) is 0 Å². The van der Waals surface area contributed by atoms with Crippen molar-refractivity contribution in [2.45, 2.75) is 13.5 Å². The topological polar surface area (TPSA) is 60.7 Å². The molecule has 0 amide bonds. The average molecular weight is 363 g/mol. The van der Waals surface area contributed by atoms with E-state index in [-0.39, 0.29) is 12.3 Å². The van der Waals surface area contributed by atoms with Crippen LogP contribution < -0.4 is 0 Å². The zero-order valence-corrected chi connectivity index (χ0v) is 13.6. The van der Waals surface area contributed by atoms with Gasteiger partial charge in [0, 0.05) is 5.56 Å². The van der Waals surface area contributed by atoms with E-state index in [2.05, 4.69) is 31.3 Å². The second-order valence-electron chi connectivity index (χ2n) is 4.54. The molecule has 0 fully saturated rings. The molecule has 5 nitrogen and oxygen atoms in total. The first kappa shape index (κ1) is 14.1. The van der Waals surface area contributed by atoms with Gasteiger partial charge in [0.1, 0.15) is 6.54 Å². The number of nitrogens with zero attached hydrogens (tertiary/aromatic N) is 4. The zero-order valence-electron chi connectivity index (χ0n) is 11.2. The van der Waals surface area contributed by atoms with Gasteiger partial charge < -0.3 is 0 Å². The Morgan fingerprint density at radius 2 is 2.00 bits per heavy atom. The monoisotopic (exact) mass is 362 g/mol. The predicted molar refractivity (Wildman–Crippen MR) is 84.3 cm³/mol. The molecule has 3 aromatic rings. The van der Waals surface area contributed by atoms with Crippen LogP contribution in [0.15, 0.2) is 40.2 Å². The van der Waals surface area contributed by atoms with Crippen LogP contribution in [-0.2, 0) is 6.54 Å². The standard InChI is InChI=1S/C14H11BrN4OS/c1-9-2-4-10(5-3-9)14-16-18-19(17-14)8-11(20)12-6-7-13(15)21-12/h2-7H,8H2,1H3. The van der Waals surface area contributed by atoms with Gasteiger partial charge in [-0.15, -0.1) is 21.5 Å². The molecule has 0 aliphatic heterocycles. The van der Waals surface area contributed by atoms with E-state index >= 15 is 0 Å². The number of Topliss-reactive ketones (excluding diaryl/α,β-unsaturated/α-hetero) is 1. The van der Waals surface area contributed by atoms with E-state index in [0.29, 0.717) is 10.7 Å². The lowest BCUT2D eigenvalue weighted by atomic mass is 10.1. The number of carbonyl (C=O) groups excluding carboxylic acids is 1. The number of tetrazole rings is 1. The first-order chi connectivity index (χ1) is 10.1.